The maximum absolute atomic E-state index is 12.2. The molecule has 1 fully saturated rings. The molecule has 23 heavy (non-hydrogen) atoms. The number of imidazole rings is 1. The molecule has 1 saturated heterocycles. The Morgan fingerprint density at radius 1 is 1.52 bits per heavy atom. The van der Waals surface area contributed by atoms with Crippen LogP contribution >= 0.6 is 0 Å². The van der Waals surface area contributed by atoms with E-state index in [4.69, 9.17) is 4.74 Å². The number of nitrogens with zero attached hydrogens (tertiary/aromatic N) is 3. The molecule has 0 radical (unpaired) electrons. The van der Waals surface area contributed by atoms with E-state index in [9.17, 15) is 4.79 Å². The van der Waals surface area contributed by atoms with E-state index < -0.39 is 5.60 Å². The van der Waals surface area contributed by atoms with Crippen molar-refractivity contribution in [1.29, 1.82) is 0 Å². The molecule has 0 spiro atoms. The quantitative estimate of drug-likeness (QED) is 0.903. The van der Waals surface area contributed by atoms with Crippen molar-refractivity contribution >= 4 is 6.09 Å². The summed E-state index contributed by atoms with van der Waals surface area (Å²) in [6, 6.07) is 0.315. The van der Waals surface area contributed by atoms with E-state index in [1.54, 1.807) is 0 Å². The number of likely N-dealkylation sites (N-methyl/N-ethyl adjacent to an activating group) is 1. The zero-order valence-electron chi connectivity index (χ0n) is 15.0. The van der Waals surface area contributed by atoms with E-state index in [1.807, 2.05) is 45.1 Å². The lowest BCUT2D eigenvalue weighted by atomic mass is 9.96. The third kappa shape index (κ3) is 4.70. The second-order valence-corrected chi connectivity index (χ2v) is 7.20. The van der Waals surface area contributed by atoms with Crippen molar-refractivity contribution in [2.45, 2.75) is 58.7 Å². The van der Waals surface area contributed by atoms with Crippen LogP contribution in [0.1, 0.15) is 39.9 Å². The minimum Gasteiger partial charge on any atom is -0.444 e. The SMILES string of the molecule is CCn1ccnc1CC(NC)C1CCN(C(=O)OC(C)(C)C)C1. The first-order chi connectivity index (χ1) is 10.8. The molecule has 1 N–H and O–H groups in total. The third-order valence-corrected chi connectivity index (χ3v) is 4.36. The number of aryl methyl sites for hydroxylation is 1. The monoisotopic (exact) mass is 322 g/mol. The van der Waals surface area contributed by atoms with Gasteiger partial charge in [0.15, 0.2) is 0 Å². The number of nitrogens with one attached hydrogen (secondary N) is 1. The fraction of sp³-hybridized carbons (Fsp3) is 0.765. The molecule has 1 aliphatic heterocycles. The summed E-state index contributed by atoms with van der Waals surface area (Å²) in [7, 11) is 1.99. The molecule has 1 amide bonds. The minimum atomic E-state index is -0.441. The lowest BCUT2D eigenvalue weighted by molar-refractivity contribution is 0.0285. The highest BCUT2D eigenvalue weighted by Gasteiger charge is 2.33. The number of hydrogen-bond donors (Lipinski definition) is 1. The summed E-state index contributed by atoms with van der Waals surface area (Å²) >= 11 is 0. The summed E-state index contributed by atoms with van der Waals surface area (Å²) in [6.07, 6.45) is 5.54. The average Bonchev–Trinajstić information content (AvgIpc) is 3.11. The highest BCUT2D eigenvalue weighted by Crippen LogP contribution is 2.23. The first-order valence-electron chi connectivity index (χ1n) is 8.49. The zero-order valence-corrected chi connectivity index (χ0v) is 15.0. The Hall–Kier alpha value is -1.56. The Morgan fingerprint density at radius 2 is 2.26 bits per heavy atom. The lowest BCUT2D eigenvalue weighted by Gasteiger charge is -2.26. The predicted molar refractivity (Wildman–Crippen MR) is 90.4 cm³/mol. The molecule has 0 aliphatic carbocycles. The fourth-order valence-electron chi connectivity index (χ4n) is 3.13. The molecule has 0 saturated carbocycles. The number of hydrogen-bond acceptors (Lipinski definition) is 4. The van der Waals surface area contributed by atoms with Crippen molar-refractivity contribution < 1.29 is 9.53 Å². The van der Waals surface area contributed by atoms with E-state index >= 15 is 0 Å². The van der Waals surface area contributed by atoms with Crippen LogP contribution in [0.15, 0.2) is 12.4 Å². The molecular weight excluding hydrogens is 292 g/mol. The number of amides is 1. The second kappa shape index (κ2) is 7.34. The maximum atomic E-state index is 12.2. The van der Waals surface area contributed by atoms with Crippen LogP contribution in [0, 0.1) is 5.92 Å². The molecule has 1 aliphatic rings. The van der Waals surface area contributed by atoms with Gasteiger partial charge in [-0.2, -0.15) is 0 Å². The summed E-state index contributed by atoms with van der Waals surface area (Å²) in [4.78, 5) is 18.5. The molecule has 6 nitrogen and oxygen atoms in total. The Morgan fingerprint density at radius 3 is 2.87 bits per heavy atom. The Labute approximate surface area is 139 Å². The van der Waals surface area contributed by atoms with Crippen molar-refractivity contribution in [3.8, 4) is 0 Å². The summed E-state index contributed by atoms with van der Waals surface area (Å²) in [6.45, 7) is 10.3. The van der Waals surface area contributed by atoms with Crippen LogP contribution in [-0.2, 0) is 17.7 Å². The normalized spacial score (nSPS) is 19.9. The van der Waals surface area contributed by atoms with E-state index in [-0.39, 0.29) is 6.09 Å². The van der Waals surface area contributed by atoms with Crippen LogP contribution in [0.5, 0.6) is 0 Å². The Bertz CT molecular complexity index is 521. The number of aromatic nitrogens is 2. The van der Waals surface area contributed by atoms with Crippen molar-refractivity contribution in [3.63, 3.8) is 0 Å². The number of carbonyl (C=O) groups excluding carboxylic acids is 1. The van der Waals surface area contributed by atoms with Gasteiger partial charge in [-0.25, -0.2) is 9.78 Å². The smallest absolute Gasteiger partial charge is 0.410 e. The van der Waals surface area contributed by atoms with Crippen molar-refractivity contribution in [2.75, 3.05) is 20.1 Å². The van der Waals surface area contributed by atoms with Crippen LogP contribution in [-0.4, -0.2) is 52.3 Å². The Kier molecular flexibility index (Phi) is 5.68. The molecule has 0 aromatic carbocycles. The van der Waals surface area contributed by atoms with Gasteiger partial charge in [-0.1, -0.05) is 0 Å². The van der Waals surface area contributed by atoms with Crippen molar-refractivity contribution in [1.82, 2.24) is 19.8 Å². The molecule has 6 heteroatoms. The van der Waals surface area contributed by atoms with Gasteiger partial charge in [0.2, 0.25) is 0 Å². The van der Waals surface area contributed by atoms with E-state index in [2.05, 4.69) is 21.8 Å². The van der Waals surface area contributed by atoms with Crippen LogP contribution in [0.25, 0.3) is 0 Å². The Balaban J connectivity index is 1.94. The molecule has 2 rings (SSSR count). The minimum absolute atomic E-state index is 0.204. The van der Waals surface area contributed by atoms with Gasteiger partial charge in [-0.15, -0.1) is 0 Å². The first-order valence-corrected chi connectivity index (χ1v) is 8.49. The molecule has 130 valence electrons. The molecule has 2 heterocycles. The molecule has 2 unspecified atom stereocenters. The maximum Gasteiger partial charge on any atom is 0.410 e. The predicted octanol–water partition coefficient (Wildman–Crippen LogP) is 2.29. The third-order valence-electron chi connectivity index (χ3n) is 4.36. The standard InChI is InChI=1S/C17H30N4O2/c1-6-20-10-8-19-15(20)11-14(18-5)13-7-9-21(12-13)16(22)23-17(2,3)4/h8,10,13-14,18H,6-7,9,11-12H2,1-5H3. The van der Waals surface area contributed by atoms with Gasteiger partial charge < -0.3 is 19.5 Å². The number of ether oxygens (including phenoxy) is 1. The topological polar surface area (TPSA) is 59.4 Å². The van der Waals surface area contributed by atoms with Gasteiger partial charge in [-0.3, -0.25) is 0 Å². The fourth-order valence-corrected chi connectivity index (χ4v) is 3.13. The summed E-state index contributed by atoms with van der Waals surface area (Å²) in [5.41, 5.74) is -0.441. The van der Waals surface area contributed by atoms with E-state index in [0.717, 1.165) is 38.3 Å². The first kappa shape index (κ1) is 17.8. The molecule has 1 aromatic heterocycles. The van der Waals surface area contributed by atoms with Crippen molar-refractivity contribution in [3.05, 3.63) is 18.2 Å². The molecule has 2 atom stereocenters. The van der Waals surface area contributed by atoms with Crippen LogP contribution in [0.4, 0.5) is 4.79 Å². The van der Waals surface area contributed by atoms with Gasteiger partial charge in [0, 0.05) is 44.5 Å². The highest BCUT2D eigenvalue weighted by molar-refractivity contribution is 5.68. The molecular formula is C17H30N4O2. The largest absolute Gasteiger partial charge is 0.444 e. The van der Waals surface area contributed by atoms with Gasteiger partial charge >= 0.3 is 6.09 Å². The van der Waals surface area contributed by atoms with Gasteiger partial charge in [0.1, 0.15) is 11.4 Å². The average molecular weight is 322 g/mol. The van der Waals surface area contributed by atoms with Gasteiger partial charge in [0.25, 0.3) is 0 Å². The number of carbonyl (C=O) groups is 1. The lowest BCUT2D eigenvalue weighted by Crippen LogP contribution is -2.40. The molecule has 0 bridgehead atoms. The van der Waals surface area contributed by atoms with Crippen LogP contribution in [0.2, 0.25) is 0 Å². The number of rotatable bonds is 5. The second-order valence-electron chi connectivity index (χ2n) is 7.20. The molecule has 1 aromatic rings. The van der Waals surface area contributed by atoms with Gasteiger partial charge in [-0.05, 0) is 47.1 Å². The van der Waals surface area contributed by atoms with Crippen molar-refractivity contribution in [2.24, 2.45) is 5.92 Å². The summed E-state index contributed by atoms with van der Waals surface area (Å²) < 4.78 is 7.65. The van der Waals surface area contributed by atoms with Crippen LogP contribution < -0.4 is 5.32 Å². The summed E-state index contributed by atoms with van der Waals surface area (Å²) in [5, 5.41) is 3.41. The highest BCUT2D eigenvalue weighted by atomic mass is 16.6. The zero-order chi connectivity index (χ0) is 17.0. The number of likely N-dealkylation sites (tertiary alicyclic amines) is 1. The van der Waals surface area contributed by atoms with E-state index in [1.165, 1.54) is 0 Å². The van der Waals surface area contributed by atoms with E-state index in [0.29, 0.717) is 12.0 Å². The van der Waals surface area contributed by atoms with Gasteiger partial charge in [0.05, 0.1) is 0 Å². The summed E-state index contributed by atoms with van der Waals surface area (Å²) in [5.74, 6) is 1.53. The van der Waals surface area contributed by atoms with Crippen LogP contribution in [0.3, 0.4) is 0 Å².